The molecule has 1 unspecified atom stereocenters. The van der Waals surface area contributed by atoms with Gasteiger partial charge in [-0.05, 0) is 32.8 Å². The van der Waals surface area contributed by atoms with Gasteiger partial charge in [-0.1, -0.05) is 43.6 Å². The topological polar surface area (TPSA) is 59.3 Å². The maximum absolute atomic E-state index is 10.1. The highest BCUT2D eigenvalue weighted by molar-refractivity contribution is 6.33. The Morgan fingerprint density at radius 2 is 1.93 bits per heavy atom. The van der Waals surface area contributed by atoms with Crippen LogP contribution in [0.15, 0.2) is 30.5 Å². The molecule has 0 saturated carbocycles. The zero-order chi connectivity index (χ0) is 20.0. The number of ether oxygens (including phenoxy) is 1. The Bertz CT molecular complexity index is 722. The molecule has 1 atom stereocenters. The number of aromatic nitrogens is 2. The zero-order valence-corrected chi connectivity index (χ0v) is 17.8. The van der Waals surface area contributed by atoms with E-state index in [0.29, 0.717) is 37.2 Å². The van der Waals surface area contributed by atoms with Gasteiger partial charge in [0, 0.05) is 37.0 Å². The summed E-state index contributed by atoms with van der Waals surface area (Å²) in [5.41, 5.74) is 2.71. The van der Waals surface area contributed by atoms with E-state index in [2.05, 4.69) is 39.9 Å². The molecule has 5 nitrogen and oxygen atoms in total. The number of rotatable bonds is 9. The van der Waals surface area contributed by atoms with E-state index < -0.39 is 6.10 Å². The van der Waals surface area contributed by atoms with Crippen molar-refractivity contribution in [3.63, 3.8) is 0 Å². The molecule has 0 fully saturated rings. The van der Waals surface area contributed by atoms with E-state index in [1.165, 1.54) is 0 Å². The average Bonchev–Trinajstić information content (AvgIpc) is 2.99. The van der Waals surface area contributed by atoms with Gasteiger partial charge in [0.2, 0.25) is 0 Å². The average molecular weight is 394 g/mol. The molecule has 0 radical (unpaired) electrons. The van der Waals surface area contributed by atoms with E-state index in [1.807, 2.05) is 35.1 Å². The quantitative estimate of drug-likeness (QED) is 0.673. The molecule has 27 heavy (non-hydrogen) atoms. The molecule has 1 heterocycles. The van der Waals surface area contributed by atoms with Gasteiger partial charge >= 0.3 is 0 Å². The van der Waals surface area contributed by atoms with Crippen molar-refractivity contribution in [2.45, 2.75) is 52.8 Å². The van der Waals surface area contributed by atoms with E-state index in [9.17, 15) is 5.11 Å². The van der Waals surface area contributed by atoms with Crippen molar-refractivity contribution in [1.29, 1.82) is 0 Å². The monoisotopic (exact) mass is 393 g/mol. The number of aliphatic hydroxyl groups is 1. The smallest absolute Gasteiger partial charge is 0.0983 e. The molecular formula is C21H32ClN3O2. The van der Waals surface area contributed by atoms with E-state index >= 15 is 0 Å². The van der Waals surface area contributed by atoms with Gasteiger partial charge in [0.05, 0.1) is 29.0 Å². The molecule has 0 spiro atoms. The van der Waals surface area contributed by atoms with E-state index in [0.717, 1.165) is 16.8 Å². The van der Waals surface area contributed by atoms with Crippen molar-refractivity contribution in [2.24, 2.45) is 5.92 Å². The lowest BCUT2D eigenvalue weighted by atomic mass is 10.1. The summed E-state index contributed by atoms with van der Waals surface area (Å²) in [5.74, 6) is 0.464. The Balaban J connectivity index is 2.07. The molecule has 2 rings (SSSR count). The summed E-state index contributed by atoms with van der Waals surface area (Å²) < 4.78 is 7.46. The number of halogens is 1. The molecule has 0 saturated heterocycles. The Hall–Kier alpha value is -1.40. The van der Waals surface area contributed by atoms with Gasteiger partial charge in [-0.2, -0.15) is 5.10 Å². The normalized spacial score (nSPS) is 13.3. The number of aliphatic hydroxyl groups excluding tert-OH is 1. The lowest BCUT2D eigenvalue weighted by Crippen LogP contribution is -2.30. The first kappa shape index (κ1) is 21.9. The highest BCUT2D eigenvalue weighted by atomic mass is 35.5. The Morgan fingerprint density at radius 1 is 1.22 bits per heavy atom. The molecule has 0 amide bonds. The predicted octanol–water partition coefficient (Wildman–Crippen LogP) is 4.08. The van der Waals surface area contributed by atoms with E-state index in [4.69, 9.17) is 21.4 Å². The van der Waals surface area contributed by atoms with Gasteiger partial charge in [-0.15, -0.1) is 0 Å². The van der Waals surface area contributed by atoms with E-state index in [1.54, 1.807) is 0 Å². The predicted molar refractivity (Wildman–Crippen MR) is 111 cm³/mol. The van der Waals surface area contributed by atoms with Crippen LogP contribution in [0.1, 0.15) is 40.2 Å². The summed E-state index contributed by atoms with van der Waals surface area (Å²) in [6.45, 7) is 12.6. The summed E-state index contributed by atoms with van der Waals surface area (Å²) in [5, 5.41) is 18.8. The summed E-state index contributed by atoms with van der Waals surface area (Å²) in [6, 6.07) is 7.73. The maximum Gasteiger partial charge on any atom is 0.0983 e. The molecule has 0 aliphatic carbocycles. The van der Waals surface area contributed by atoms with Crippen molar-refractivity contribution in [3.05, 3.63) is 41.0 Å². The second-order valence-electron chi connectivity index (χ2n) is 8.31. The van der Waals surface area contributed by atoms with Crippen LogP contribution >= 0.6 is 11.6 Å². The SMILES string of the molecule is CC(C)COCC(O)CNCc1cn(C(C)(C)C)nc1-c1ccccc1Cl. The molecule has 1 aromatic carbocycles. The molecule has 1 aromatic heterocycles. The summed E-state index contributed by atoms with van der Waals surface area (Å²) in [7, 11) is 0. The fourth-order valence-electron chi connectivity index (χ4n) is 2.63. The molecule has 0 aliphatic rings. The van der Waals surface area contributed by atoms with Gasteiger partial charge in [0.25, 0.3) is 0 Å². The van der Waals surface area contributed by atoms with Crippen LogP contribution in [0, 0.1) is 5.92 Å². The fourth-order valence-corrected chi connectivity index (χ4v) is 2.86. The standard InChI is InChI=1S/C21H32ClN3O2/c1-15(2)13-27-14-17(26)11-23-10-16-12-25(21(3,4)5)24-20(16)18-8-6-7-9-19(18)22/h6-9,12,15,17,23,26H,10-11,13-14H2,1-5H3. The van der Waals surface area contributed by atoms with E-state index in [-0.39, 0.29) is 5.54 Å². The Morgan fingerprint density at radius 3 is 2.56 bits per heavy atom. The first-order chi connectivity index (χ1) is 12.7. The third kappa shape index (κ3) is 6.61. The second kappa shape index (κ2) is 9.69. The maximum atomic E-state index is 10.1. The Kier molecular flexibility index (Phi) is 7.86. The minimum absolute atomic E-state index is 0.127. The summed E-state index contributed by atoms with van der Waals surface area (Å²) in [6.07, 6.45) is 1.51. The van der Waals surface area contributed by atoms with Gasteiger partial charge in [-0.25, -0.2) is 0 Å². The zero-order valence-electron chi connectivity index (χ0n) is 17.0. The van der Waals surface area contributed by atoms with Gasteiger partial charge in [-0.3, -0.25) is 4.68 Å². The minimum Gasteiger partial charge on any atom is -0.389 e. The number of nitrogens with one attached hydrogen (secondary N) is 1. The van der Waals surface area contributed by atoms with Crippen LogP contribution in [0.2, 0.25) is 5.02 Å². The van der Waals surface area contributed by atoms with Crippen LogP contribution < -0.4 is 5.32 Å². The van der Waals surface area contributed by atoms with Crippen molar-refractivity contribution >= 4 is 11.6 Å². The first-order valence-corrected chi connectivity index (χ1v) is 9.86. The number of benzene rings is 1. The van der Waals surface area contributed by atoms with Crippen molar-refractivity contribution in [2.75, 3.05) is 19.8 Å². The van der Waals surface area contributed by atoms with Crippen molar-refractivity contribution in [1.82, 2.24) is 15.1 Å². The molecule has 2 N–H and O–H groups in total. The van der Waals surface area contributed by atoms with Gasteiger partial charge in [0.15, 0.2) is 0 Å². The first-order valence-electron chi connectivity index (χ1n) is 9.49. The van der Waals surface area contributed by atoms with Crippen molar-refractivity contribution < 1.29 is 9.84 Å². The van der Waals surface area contributed by atoms with Crippen LogP contribution in [0.3, 0.4) is 0 Å². The van der Waals surface area contributed by atoms with Crippen LogP contribution in [-0.2, 0) is 16.8 Å². The molecule has 150 valence electrons. The third-order valence-electron chi connectivity index (χ3n) is 4.06. The largest absolute Gasteiger partial charge is 0.389 e. The molecular weight excluding hydrogens is 362 g/mol. The van der Waals surface area contributed by atoms with Crippen LogP contribution in [0.25, 0.3) is 11.3 Å². The Labute approximate surface area is 167 Å². The van der Waals surface area contributed by atoms with Crippen LogP contribution in [0.5, 0.6) is 0 Å². The summed E-state index contributed by atoms with van der Waals surface area (Å²) in [4.78, 5) is 0. The minimum atomic E-state index is -0.537. The third-order valence-corrected chi connectivity index (χ3v) is 4.39. The fraction of sp³-hybridized carbons (Fsp3) is 0.571. The van der Waals surface area contributed by atoms with Crippen LogP contribution in [-0.4, -0.2) is 40.7 Å². The molecule has 2 aromatic rings. The molecule has 6 heteroatoms. The lowest BCUT2D eigenvalue weighted by Gasteiger charge is -2.19. The molecule has 0 bridgehead atoms. The summed E-state index contributed by atoms with van der Waals surface area (Å²) >= 11 is 6.40. The number of nitrogens with zero attached hydrogens (tertiary/aromatic N) is 2. The second-order valence-corrected chi connectivity index (χ2v) is 8.72. The lowest BCUT2D eigenvalue weighted by molar-refractivity contribution is 0.0260. The number of hydrogen-bond donors (Lipinski definition) is 2. The number of hydrogen-bond acceptors (Lipinski definition) is 4. The highest BCUT2D eigenvalue weighted by Crippen LogP contribution is 2.30. The van der Waals surface area contributed by atoms with Crippen molar-refractivity contribution in [3.8, 4) is 11.3 Å². The van der Waals surface area contributed by atoms with Gasteiger partial charge < -0.3 is 15.2 Å². The van der Waals surface area contributed by atoms with Gasteiger partial charge in [0.1, 0.15) is 0 Å². The highest BCUT2D eigenvalue weighted by Gasteiger charge is 2.20. The van der Waals surface area contributed by atoms with Crippen LogP contribution in [0.4, 0.5) is 0 Å². The molecule has 0 aliphatic heterocycles.